The molecule has 1 aliphatic carbocycles. The van der Waals surface area contributed by atoms with E-state index in [9.17, 15) is 0 Å². The Balaban J connectivity index is 1.64. The van der Waals surface area contributed by atoms with E-state index in [0.29, 0.717) is 0 Å². The molecule has 0 N–H and O–H groups in total. The molecule has 0 aromatic heterocycles. The second-order valence-electron chi connectivity index (χ2n) is 6.43. The average molecular weight is 243 g/mol. The molecule has 2 aliphatic rings. The predicted octanol–water partition coefficient (Wildman–Crippen LogP) is 4.01. The van der Waals surface area contributed by atoms with Gasteiger partial charge in [0.25, 0.3) is 0 Å². The maximum atomic E-state index is 2.70. The molecular formula is C17H25N. The zero-order valence-electron chi connectivity index (χ0n) is 11.6. The summed E-state index contributed by atoms with van der Waals surface area (Å²) in [4.78, 5) is 2.70. The average Bonchev–Trinajstić information content (AvgIpc) is 2.53. The van der Waals surface area contributed by atoms with Gasteiger partial charge in [0.2, 0.25) is 0 Å². The summed E-state index contributed by atoms with van der Waals surface area (Å²) in [5, 5.41) is 0. The third kappa shape index (κ3) is 2.95. The molecule has 2 bridgehead atoms. The first-order valence-electron chi connectivity index (χ1n) is 7.57. The minimum Gasteiger partial charge on any atom is -0.299 e. The Labute approximate surface area is 111 Å². The lowest BCUT2D eigenvalue weighted by Gasteiger charge is -2.36. The van der Waals surface area contributed by atoms with E-state index >= 15 is 0 Å². The normalized spacial score (nSPS) is 28.9. The molecular weight excluding hydrogens is 218 g/mol. The minimum absolute atomic E-state index is 0.983. The summed E-state index contributed by atoms with van der Waals surface area (Å²) in [6.45, 7) is 6.00. The number of likely N-dealkylation sites (tertiary alicyclic amines) is 1. The maximum Gasteiger partial charge on any atom is 0.0233 e. The van der Waals surface area contributed by atoms with Gasteiger partial charge >= 0.3 is 0 Å². The molecule has 1 saturated carbocycles. The summed E-state index contributed by atoms with van der Waals surface area (Å²) in [5.41, 5.74) is 2.85. The summed E-state index contributed by atoms with van der Waals surface area (Å²) < 4.78 is 0. The van der Waals surface area contributed by atoms with Crippen LogP contribution in [0.25, 0.3) is 0 Å². The van der Waals surface area contributed by atoms with Crippen LogP contribution in [-0.4, -0.2) is 18.0 Å². The SMILES string of the molecule is Cc1ccc(CN2CC3CCCCC(C3)C2)cc1. The lowest BCUT2D eigenvalue weighted by Crippen LogP contribution is -2.39. The van der Waals surface area contributed by atoms with E-state index < -0.39 is 0 Å². The monoisotopic (exact) mass is 243 g/mol. The fraction of sp³-hybridized carbons (Fsp3) is 0.647. The van der Waals surface area contributed by atoms with Crippen LogP contribution < -0.4 is 0 Å². The van der Waals surface area contributed by atoms with Gasteiger partial charge in [-0.1, -0.05) is 42.7 Å². The van der Waals surface area contributed by atoms with Crippen LogP contribution in [0.4, 0.5) is 0 Å². The first-order valence-corrected chi connectivity index (χ1v) is 7.57. The van der Waals surface area contributed by atoms with Crippen LogP contribution in [0, 0.1) is 18.8 Å². The number of hydrogen-bond acceptors (Lipinski definition) is 1. The number of piperidine rings is 1. The molecule has 1 heterocycles. The van der Waals surface area contributed by atoms with Gasteiger partial charge < -0.3 is 0 Å². The molecule has 2 atom stereocenters. The van der Waals surface area contributed by atoms with Crippen LogP contribution in [0.5, 0.6) is 0 Å². The summed E-state index contributed by atoms with van der Waals surface area (Å²) in [6, 6.07) is 9.08. The third-order valence-electron chi connectivity index (χ3n) is 4.70. The summed E-state index contributed by atoms with van der Waals surface area (Å²) in [5.74, 6) is 1.97. The van der Waals surface area contributed by atoms with Gasteiger partial charge in [-0.05, 0) is 43.6 Å². The molecule has 98 valence electrons. The number of hydrogen-bond donors (Lipinski definition) is 0. The number of aryl methyl sites for hydroxylation is 1. The zero-order valence-corrected chi connectivity index (χ0v) is 11.6. The van der Waals surface area contributed by atoms with Gasteiger partial charge in [-0.3, -0.25) is 4.90 Å². The third-order valence-corrected chi connectivity index (χ3v) is 4.70. The molecule has 0 spiro atoms. The second kappa shape index (κ2) is 5.44. The fourth-order valence-corrected chi connectivity index (χ4v) is 3.79. The van der Waals surface area contributed by atoms with E-state index in [0.717, 1.165) is 18.4 Å². The van der Waals surface area contributed by atoms with E-state index in [-0.39, 0.29) is 0 Å². The molecule has 1 aliphatic heterocycles. The summed E-state index contributed by atoms with van der Waals surface area (Å²) >= 11 is 0. The van der Waals surface area contributed by atoms with Crippen molar-refractivity contribution in [3.63, 3.8) is 0 Å². The Morgan fingerprint density at radius 2 is 1.61 bits per heavy atom. The van der Waals surface area contributed by atoms with E-state index in [1.54, 1.807) is 0 Å². The van der Waals surface area contributed by atoms with Gasteiger partial charge in [0.1, 0.15) is 0 Å². The highest BCUT2D eigenvalue weighted by Crippen LogP contribution is 2.33. The van der Waals surface area contributed by atoms with E-state index in [1.807, 2.05) is 0 Å². The molecule has 1 aromatic carbocycles. The lowest BCUT2D eigenvalue weighted by molar-refractivity contribution is 0.120. The van der Waals surface area contributed by atoms with Crippen LogP contribution in [0.15, 0.2) is 24.3 Å². The van der Waals surface area contributed by atoms with Crippen molar-refractivity contribution in [1.29, 1.82) is 0 Å². The van der Waals surface area contributed by atoms with Crippen molar-refractivity contribution in [2.24, 2.45) is 11.8 Å². The smallest absolute Gasteiger partial charge is 0.0233 e. The number of rotatable bonds is 2. The molecule has 1 aromatic rings. The standard InChI is InChI=1S/C17H25N/c1-14-6-8-15(9-7-14)11-18-12-16-4-2-3-5-17(10-16)13-18/h6-9,16-17H,2-5,10-13H2,1H3. The number of benzene rings is 1. The molecule has 0 radical (unpaired) electrons. The second-order valence-corrected chi connectivity index (χ2v) is 6.43. The molecule has 2 fully saturated rings. The van der Waals surface area contributed by atoms with Crippen LogP contribution in [0.3, 0.4) is 0 Å². The van der Waals surface area contributed by atoms with Crippen molar-refractivity contribution < 1.29 is 0 Å². The van der Waals surface area contributed by atoms with Crippen molar-refractivity contribution in [2.45, 2.75) is 45.6 Å². The highest BCUT2D eigenvalue weighted by molar-refractivity contribution is 5.21. The molecule has 2 unspecified atom stereocenters. The van der Waals surface area contributed by atoms with Crippen LogP contribution >= 0.6 is 0 Å². The molecule has 3 rings (SSSR count). The minimum atomic E-state index is 0.983. The zero-order chi connectivity index (χ0) is 12.4. The Morgan fingerprint density at radius 3 is 2.22 bits per heavy atom. The molecule has 1 heteroatoms. The highest BCUT2D eigenvalue weighted by atomic mass is 15.1. The highest BCUT2D eigenvalue weighted by Gasteiger charge is 2.28. The van der Waals surface area contributed by atoms with Crippen LogP contribution in [-0.2, 0) is 6.54 Å². The fourth-order valence-electron chi connectivity index (χ4n) is 3.79. The largest absolute Gasteiger partial charge is 0.299 e. The van der Waals surface area contributed by atoms with Crippen molar-refractivity contribution in [3.05, 3.63) is 35.4 Å². The van der Waals surface area contributed by atoms with E-state index in [1.165, 1.54) is 56.3 Å². The summed E-state index contributed by atoms with van der Waals surface area (Å²) in [7, 11) is 0. The molecule has 1 saturated heterocycles. The van der Waals surface area contributed by atoms with Gasteiger partial charge in [0, 0.05) is 19.6 Å². The predicted molar refractivity (Wildman–Crippen MR) is 76.5 cm³/mol. The Hall–Kier alpha value is -0.820. The Morgan fingerprint density at radius 1 is 1.00 bits per heavy atom. The van der Waals surface area contributed by atoms with Crippen LogP contribution in [0.1, 0.15) is 43.2 Å². The van der Waals surface area contributed by atoms with E-state index in [4.69, 9.17) is 0 Å². The Kier molecular flexibility index (Phi) is 3.69. The first-order chi connectivity index (χ1) is 8.79. The van der Waals surface area contributed by atoms with Crippen LogP contribution in [0.2, 0.25) is 0 Å². The maximum absolute atomic E-state index is 2.70. The number of fused-ring (bicyclic) bond motifs is 2. The van der Waals surface area contributed by atoms with Gasteiger partial charge in [-0.25, -0.2) is 0 Å². The van der Waals surface area contributed by atoms with E-state index in [2.05, 4.69) is 36.1 Å². The van der Waals surface area contributed by atoms with Gasteiger partial charge in [0.05, 0.1) is 0 Å². The Bertz CT molecular complexity index is 367. The molecule has 18 heavy (non-hydrogen) atoms. The van der Waals surface area contributed by atoms with Gasteiger partial charge in [-0.2, -0.15) is 0 Å². The van der Waals surface area contributed by atoms with Gasteiger partial charge in [0.15, 0.2) is 0 Å². The summed E-state index contributed by atoms with van der Waals surface area (Å²) in [6.07, 6.45) is 7.39. The topological polar surface area (TPSA) is 3.24 Å². The molecule has 1 nitrogen and oxygen atoms in total. The van der Waals surface area contributed by atoms with Crippen molar-refractivity contribution in [3.8, 4) is 0 Å². The molecule has 0 amide bonds. The van der Waals surface area contributed by atoms with Crippen molar-refractivity contribution >= 4 is 0 Å². The lowest BCUT2D eigenvalue weighted by atomic mass is 9.88. The van der Waals surface area contributed by atoms with Crippen molar-refractivity contribution in [2.75, 3.05) is 13.1 Å². The van der Waals surface area contributed by atoms with Crippen molar-refractivity contribution in [1.82, 2.24) is 4.90 Å². The number of nitrogens with zero attached hydrogens (tertiary/aromatic N) is 1. The first kappa shape index (κ1) is 12.2. The quantitative estimate of drug-likeness (QED) is 0.758. The van der Waals surface area contributed by atoms with Gasteiger partial charge in [-0.15, -0.1) is 0 Å².